The zero-order valence-corrected chi connectivity index (χ0v) is 40.1. The molecule has 5 aliphatic rings. The van der Waals surface area contributed by atoms with Crippen LogP contribution in [0.4, 0.5) is 8.78 Å². The van der Waals surface area contributed by atoms with Crippen molar-refractivity contribution in [2.45, 2.75) is 121 Å². The topological polar surface area (TPSA) is 151 Å². The van der Waals surface area contributed by atoms with Gasteiger partial charge in [-0.2, -0.15) is 0 Å². The summed E-state index contributed by atoms with van der Waals surface area (Å²) in [6, 6.07) is 6.93. The second-order valence-corrected chi connectivity index (χ2v) is 20.3. The van der Waals surface area contributed by atoms with Crippen LogP contribution in [0, 0.1) is 23.5 Å². The first-order valence-corrected chi connectivity index (χ1v) is 25.4. The number of halogens is 2. The highest BCUT2D eigenvalue weighted by atomic mass is 32.1. The largest absolute Gasteiger partial charge is 0.489 e. The van der Waals surface area contributed by atoms with Gasteiger partial charge in [0.2, 0.25) is 11.8 Å². The normalized spacial score (nSPS) is 22.6. The van der Waals surface area contributed by atoms with Crippen LogP contribution in [0.25, 0.3) is 16.3 Å². The predicted molar refractivity (Wildman–Crippen MR) is 253 cm³/mol. The number of hydrogen-bond donors (Lipinski definition) is 1. The van der Waals surface area contributed by atoms with E-state index in [1.165, 1.54) is 0 Å². The van der Waals surface area contributed by atoms with Crippen molar-refractivity contribution in [2.75, 3.05) is 52.9 Å². The molecular formula is C51H63F2N7O7S. The van der Waals surface area contributed by atoms with Gasteiger partial charge in [0.15, 0.2) is 17.4 Å². The molecule has 4 fully saturated rings. The smallest absolute Gasteiger partial charge is 0.254 e. The van der Waals surface area contributed by atoms with Crippen LogP contribution >= 0.6 is 11.3 Å². The molecule has 1 saturated carbocycles. The van der Waals surface area contributed by atoms with E-state index in [9.17, 15) is 28.0 Å². The fraction of sp³-hybridized carbons (Fsp3) is 0.569. The number of amides is 3. The number of pyridine rings is 1. The number of benzene rings is 1. The molecule has 1 N–H and O–H groups in total. The molecule has 6 heterocycles. The molecule has 3 aliphatic heterocycles. The van der Waals surface area contributed by atoms with Gasteiger partial charge in [0.25, 0.3) is 11.8 Å². The summed E-state index contributed by atoms with van der Waals surface area (Å²) in [6.45, 7) is 7.49. The Morgan fingerprint density at radius 2 is 1.74 bits per heavy atom. The molecule has 5 atom stereocenters. The summed E-state index contributed by atoms with van der Waals surface area (Å²) in [7, 11) is 1.74. The Labute approximate surface area is 400 Å². The number of likely N-dealkylation sites (N-methyl/N-ethyl adjacent to an activating group) is 1. The van der Waals surface area contributed by atoms with E-state index in [1.54, 1.807) is 51.4 Å². The van der Waals surface area contributed by atoms with Crippen molar-refractivity contribution >= 4 is 51.1 Å². The van der Waals surface area contributed by atoms with E-state index >= 15 is 0 Å². The maximum Gasteiger partial charge on any atom is 0.254 e. The molecule has 0 bridgehead atoms. The fourth-order valence-electron chi connectivity index (χ4n) is 11.1. The Bertz CT molecular complexity index is 2500. The molecule has 14 nitrogen and oxygen atoms in total. The number of ether oxygens (including phenoxy) is 2. The van der Waals surface area contributed by atoms with E-state index in [4.69, 9.17) is 14.0 Å². The molecule has 3 saturated heterocycles. The van der Waals surface area contributed by atoms with E-state index in [1.807, 2.05) is 31.4 Å². The molecule has 0 radical (unpaired) electrons. The number of nitrogens with zero attached hydrogens (tertiary/aromatic N) is 6. The number of thiophene rings is 1. The zero-order chi connectivity index (χ0) is 47.5. The van der Waals surface area contributed by atoms with E-state index < -0.39 is 23.5 Å². The minimum Gasteiger partial charge on any atom is -0.489 e. The van der Waals surface area contributed by atoms with Gasteiger partial charge in [0, 0.05) is 87.8 Å². The lowest BCUT2D eigenvalue weighted by molar-refractivity contribution is -0.146. The van der Waals surface area contributed by atoms with Gasteiger partial charge in [0.05, 0.1) is 28.8 Å². The molecule has 9 rings (SSSR count). The second kappa shape index (κ2) is 21.2. The van der Waals surface area contributed by atoms with Crippen LogP contribution in [0.3, 0.4) is 0 Å². The van der Waals surface area contributed by atoms with Crippen molar-refractivity contribution in [3.8, 4) is 11.6 Å². The van der Waals surface area contributed by atoms with Crippen LogP contribution in [0.15, 0.2) is 52.0 Å². The predicted octanol–water partition coefficient (Wildman–Crippen LogP) is 7.37. The fourth-order valence-corrected chi connectivity index (χ4v) is 11.9. The van der Waals surface area contributed by atoms with E-state index in [0.717, 1.165) is 92.6 Å². The summed E-state index contributed by atoms with van der Waals surface area (Å²) in [6.07, 6.45) is 11.8. The second-order valence-electron chi connectivity index (χ2n) is 19.4. The van der Waals surface area contributed by atoms with Gasteiger partial charge >= 0.3 is 0 Å². The maximum absolute atomic E-state index is 14.9. The van der Waals surface area contributed by atoms with Crippen molar-refractivity contribution in [3.63, 3.8) is 0 Å². The van der Waals surface area contributed by atoms with Crippen molar-refractivity contribution in [3.05, 3.63) is 76.0 Å². The SMILES string of the molecule is CN[C@@H](C)C(=O)C[C@H](C(=O)N1CCN(C(=O)C2=Cc3cc(F)c(F)cc3C2CC(=O)N2CCC[C@H]2COc2cc(CN3CCC(Oc4ccnc5ccsc45)CC3)on2)[C@@H](C)C1)C1CCCCC1. The van der Waals surface area contributed by atoms with E-state index in [0.29, 0.717) is 60.9 Å². The number of hydrogen-bond acceptors (Lipinski definition) is 12. The van der Waals surface area contributed by atoms with Gasteiger partial charge < -0.3 is 34.0 Å². The monoisotopic (exact) mass is 955 g/mol. The van der Waals surface area contributed by atoms with Gasteiger partial charge in [0.1, 0.15) is 24.2 Å². The lowest BCUT2D eigenvalue weighted by Gasteiger charge is -2.42. The zero-order valence-electron chi connectivity index (χ0n) is 39.3. The Morgan fingerprint density at radius 3 is 2.51 bits per heavy atom. The lowest BCUT2D eigenvalue weighted by Crippen LogP contribution is -2.57. The standard InChI is InChI=1S/C51H63F2N7O7S/c1-31-28-58(50(63)39(26-45(61)32(2)54-3)33-8-5-4-6-9-33)19-20-59(31)51(64)41-22-34-23-42(52)43(53)25-38(34)40(41)27-48(62)60-16-7-10-35(60)30-65-47-24-37(67-56-47)29-57-17-12-36(13-18-57)66-46-11-15-55-44-14-21-68-49(44)46/h11,14-15,21-25,31-33,35-36,39-40,54H,4-10,12-13,16-20,26-30H2,1-3H3/t31-,32-,35-,39-,40?/m0/s1. The molecule has 17 heteroatoms. The number of piperidine rings is 1. The summed E-state index contributed by atoms with van der Waals surface area (Å²) in [5.74, 6) is -1.81. The maximum atomic E-state index is 14.9. The third kappa shape index (κ3) is 10.5. The van der Waals surface area contributed by atoms with Crippen molar-refractivity contribution in [1.82, 2.24) is 35.1 Å². The first-order chi connectivity index (χ1) is 32.9. The Balaban J connectivity index is 0.799. The number of Topliss-reactive ketones (excluding diaryl/α,β-unsaturated/α-hetero) is 1. The third-order valence-corrected chi connectivity index (χ3v) is 16.0. The molecule has 364 valence electrons. The third-order valence-electron chi connectivity index (χ3n) is 15.1. The average molecular weight is 956 g/mol. The number of nitrogens with one attached hydrogen (secondary N) is 1. The Hall–Kier alpha value is -5.26. The van der Waals surface area contributed by atoms with Gasteiger partial charge in [-0.1, -0.05) is 19.3 Å². The molecule has 2 aliphatic carbocycles. The molecule has 1 aromatic carbocycles. The molecule has 0 spiro atoms. The average Bonchev–Trinajstić information content (AvgIpc) is 4.19. The summed E-state index contributed by atoms with van der Waals surface area (Å²) in [4.78, 5) is 68.2. The van der Waals surface area contributed by atoms with Crippen LogP contribution in [0.5, 0.6) is 11.6 Å². The number of likely N-dealkylation sites (tertiary alicyclic amines) is 2. The Morgan fingerprint density at radius 1 is 0.941 bits per heavy atom. The quantitative estimate of drug-likeness (QED) is 0.120. The number of piperazine rings is 1. The minimum atomic E-state index is -1.04. The molecule has 68 heavy (non-hydrogen) atoms. The van der Waals surface area contributed by atoms with Crippen molar-refractivity contribution in [1.29, 1.82) is 0 Å². The van der Waals surface area contributed by atoms with E-state index in [2.05, 4.69) is 20.4 Å². The number of fused-ring (bicyclic) bond motifs is 2. The van der Waals surface area contributed by atoms with Crippen LogP contribution in [0.2, 0.25) is 0 Å². The summed E-state index contributed by atoms with van der Waals surface area (Å²) >= 11 is 1.64. The highest BCUT2D eigenvalue weighted by molar-refractivity contribution is 7.17. The summed E-state index contributed by atoms with van der Waals surface area (Å²) in [5.41, 5.74) is 2.01. The van der Waals surface area contributed by atoms with E-state index in [-0.39, 0.29) is 79.6 Å². The number of rotatable bonds is 16. The molecule has 3 amide bonds. The number of carbonyl (C=O) groups is 4. The first-order valence-electron chi connectivity index (χ1n) is 24.5. The van der Waals surface area contributed by atoms with Gasteiger partial charge in [-0.25, -0.2) is 8.78 Å². The molecule has 1 unspecified atom stereocenters. The molecule has 4 aromatic rings. The Kier molecular flexibility index (Phi) is 14.9. The highest BCUT2D eigenvalue weighted by Gasteiger charge is 2.42. The minimum absolute atomic E-state index is 0.0169. The number of carbonyl (C=O) groups excluding carboxylic acids is 4. The molecular weight excluding hydrogens is 893 g/mol. The summed E-state index contributed by atoms with van der Waals surface area (Å²) < 4.78 is 48.8. The van der Waals surface area contributed by atoms with Crippen LogP contribution in [-0.2, 0) is 25.7 Å². The number of aromatic nitrogens is 2. The number of ketones is 1. The summed E-state index contributed by atoms with van der Waals surface area (Å²) in [5, 5.41) is 9.21. The van der Waals surface area contributed by atoms with Crippen molar-refractivity contribution in [2.24, 2.45) is 11.8 Å². The molecule has 3 aromatic heterocycles. The van der Waals surface area contributed by atoms with Gasteiger partial charge in [-0.3, -0.25) is 29.1 Å². The van der Waals surface area contributed by atoms with Gasteiger partial charge in [-0.05, 0) is 117 Å². The van der Waals surface area contributed by atoms with Crippen LogP contribution in [-0.4, -0.2) is 130 Å². The highest BCUT2D eigenvalue weighted by Crippen LogP contribution is 2.42. The van der Waals surface area contributed by atoms with Gasteiger partial charge in [-0.15, -0.1) is 11.3 Å². The van der Waals surface area contributed by atoms with Crippen LogP contribution in [0.1, 0.15) is 107 Å². The first kappa shape index (κ1) is 47.8. The lowest BCUT2D eigenvalue weighted by atomic mass is 9.76. The van der Waals surface area contributed by atoms with Crippen LogP contribution < -0.4 is 14.8 Å². The van der Waals surface area contributed by atoms with Crippen molar-refractivity contribution < 1.29 is 42.0 Å².